The SMILES string of the molecule is CC1(C)CN(C(=O)Nc2ccc(C(F)F)cc2)CCN1CCO. The molecule has 128 valence electrons. The molecular weight excluding hydrogens is 304 g/mol. The number of benzene rings is 1. The molecule has 2 amide bonds. The predicted molar refractivity (Wildman–Crippen MR) is 84.7 cm³/mol. The number of nitrogens with one attached hydrogen (secondary N) is 1. The molecule has 0 bridgehead atoms. The molecule has 0 spiro atoms. The van der Waals surface area contributed by atoms with Crippen LogP contribution in [0.25, 0.3) is 0 Å². The summed E-state index contributed by atoms with van der Waals surface area (Å²) in [6.07, 6.45) is -2.51. The molecule has 0 aliphatic carbocycles. The topological polar surface area (TPSA) is 55.8 Å². The smallest absolute Gasteiger partial charge is 0.321 e. The van der Waals surface area contributed by atoms with Gasteiger partial charge in [0.2, 0.25) is 0 Å². The fourth-order valence-electron chi connectivity index (χ4n) is 2.81. The highest BCUT2D eigenvalue weighted by molar-refractivity contribution is 5.89. The maximum atomic E-state index is 12.5. The standard InChI is InChI=1S/C16H23F2N3O2/c1-16(2)11-20(7-8-21(16)9-10-22)15(23)19-13-5-3-12(4-6-13)14(17)18/h3-6,14,22H,7-11H2,1-2H3,(H,19,23). The Balaban J connectivity index is 1.96. The van der Waals surface area contributed by atoms with Crippen LogP contribution in [0, 0.1) is 0 Å². The van der Waals surface area contributed by atoms with Crippen molar-refractivity contribution in [2.75, 3.05) is 38.1 Å². The molecule has 1 saturated heterocycles. The van der Waals surface area contributed by atoms with E-state index in [1.807, 2.05) is 13.8 Å². The molecule has 7 heteroatoms. The number of nitrogens with zero attached hydrogens (tertiary/aromatic N) is 2. The molecule has 1 aromatic rings. The number of anilines is 1. The minimum absolute atomic E-state index is 0.0678. The van der Waals surface area contributed by atoms with Crippen molar-refractivity contribution in [3.8, 4) is 0 Å². The fourth-order valence-corrected chi connectivity index (χ4v) is 2.81. The van der Waals surface area contributed by atoms with Gasteiger partial charge in [0, 0.05) is 43.0 Å². The van der Waals surface area contributed by atoms with Crippen molar-refractivity contribution in [3.63, 3.8) is 0 Å². The van der Waals surface area contributed by atoms with E-state index >= 15 is 0 Å². The van der Waals surface area contributed by atoms with Crippen molar-refractivity contribution < 1.29 is 18.7 Å². The van der Waals surface area contributed by atoms with E-state index in [0.717, 1.165) is 0 Å². The van der Waals surface area contributed by atoms with Gasteiger partial charge in [0.05, 0.1) is 6.61 Å². The second-order valence-electron chi connectivity index (χ2n) is 6.30. The average molecular weight is 327 g/mol. The summed E-state index contributed by atoms with van der Waals surface area (Å²) in [5, 5.41) is 11.8. The zero-order valence-electron chi connectivity index (χ0n) is 13.4. The zero-order chi connectivity index (χ0) is 17.0. The molecule has 2 rings (SSSR count). The lowest BCUT2D eigenvalue weighted by Crippen LogP contribution is -2.61. The minimum atomic E-state index is -2.51. The van der Waals surface area contributed by atoms with Gasteiger partial charge in [-0.1, -0.05) is 12.1 Å². The maximum absolute atomic E-state index is 12.5. The van der Waals surface area contributed by atoms with E-state index in [0.29, 0.717) is 31.9 Å². The van der Waals surface area contributed by atoms with Gasteiger partial charge in [-0.25, -0.2) is 13.6 Å². The van der Waals surface area contributed by atoms with E-state index < -0.39 is 6.43 Å². The quantitative estimate of drug-likeness (QED) is 0.893. The number of rotatable bonds is 4. The number of aliphatic hydroxyl groups is 1. The summed E-state index contributed by atoms with van der Waals surface area (Å²) in [5.41, 5.74) is 0.203. The van der Waals surface area contributed by atoms with Crippen LogP contribution in [0.2, 0.25) is 0 Å². The number of halogens is 2. The van der Waals surface area contributed by atoms with Crippen LogP contribution >= 0.6 is 0 Å². The highest BCUT2D eigenvalue weighted by Crippen LogP contribution is 2.23. The molecular formula is C16H23F2N3O2. The first-order valence-corrected chi connectivity index (χ1v) is 7.63. The third-order valence-electron chi connectivity index (χ3n) is 4.14. The molecule has 1 aliphatic heterocycles. The second kappa shape index (κ2) is 7.23. The van der Waals surface area contributed by atoms with Crippen molar-refractivity contribution in [2.45, 2.75) is 25.8 Å². The van der Waals surface area contributed by atoms with Gasteiger partial charge < -0.3 is 15.3 Å². The van der Waals surface area contributed by atoms with Crippen LogP contribution in [0.15, 0.2) is 24.3 Å². The van der Waals surface area contributed by atoms with E-state index in [2.05, 4.69) is 10.2 Å². The molecule has 0 atom stereocenters. The van der Waals surface area contributed by atoms with Gasteiger partial charge in [0.1, 0.15) is 0 Å². The highest BCUT2D eigenvalue weighted by atomic mass is 19.3. The van der Waals surface area contributed by atoms with E-state index in [-0.39, 0.29) is 23.7 Å². The lowest BCUT2D eigenvalue weighted by molar-refractivity contribution is 0.0268. The number of alkyl halides is 2. The Hall–Kier alpha value is -1.73. The van der Waals surface area contributed by atoms with Gasteiger partial charge in [0.15, 0.2) is 0 Å². The summed E-state index contributed by atoms with van der Waals surface area (Å²) in [6, 6.07) is 5.33. The molecule has 1 heterocycles. The average Bonchev–Trinajstić information content (AvgIpc) is 2.49. The van der Waals surface area contributed by atoms with E-state index in [4.69, 9.17) is 5.11 Å². The van der Waals surface area contributed by atoms with Crippen LogP contribution in [0.4, 0.5) is 19.3 Å². The van der Waals surface area contributed by atoms with Crippen LogP contribution < -0.4 is 5.32 Å². The lowest BCUT2D eigenvalue weighted by atomic mass is 9.99. The first-order valence-electron chi connectivity index (χ1n) is 7.63. The maximum Gasteiger partial charge on any atom is 0.321 e. The first kappa shape index (κ1) is 17.6. The Labute approximate surface area is 134 Å². The predicted octanol–water partition coefficient (Wildman–Crippen LogP) is 2.54. The van der Waals surface area contributed by atoms with Crippen LogP contribution in [0.3, 0.4) is 0 Å². The summed E-state index contributed by atoms with van der Waals surface area (Å²) in [6.45, 7) is 6.51. The monoisotopic (exact) mass is 327 g/mol. The van der Waals surface area contributed by atoms with Gasteiger partial charge in [0.25, 0.3) is 6.43 Å². The van der Waals surface area contributed by atoms with Crippen molar-refractivity contribution in [1.29, 1.82) is 0 Å². The normalized spacial score (nSPS) is 18.3. The number of amides is 2. The molecule has 0 unspecified atom stereocenters. The Kier molecular flexibility index (Phi) is 5.54. The van der Waals surface area contributed by atoms with Gasteiger partial charge in [-0.2, -0.15) is 0 Å². The number of hydrogen-bond donors (Lipinski definition) is 2. The van der Waals surface area contributed by atoms with Gasteiger partial charge >= 0.3 is 6.03 Å². The summed E-state index contributed by atoms with van der Waals surface area (Å²) in [4.78, 5) is 16.2. The van der Waals surface area contributed by atoms with Crippen molar-refractivity contribution in [1.82, 2.24) is 9.80 Å². The van der Waals surface area contributed by atoms with Crippen LogP contribution in [-0.2, 0) is 0 Å². The molecule has 0 aromatic heterocycles. The largest absolute Gasteiger partial charge is 0.395 e. The summed E-state index contributed by atoms with van der Waals surface area (Å²) < 4.78 is 25.0. The number of carbonyl (C=O) groups is 1. The second-order valence-corrected chi connectivity index (χ2v) is 6.30. The van der Waals surface area contributed by atoms with E-state index in [1.165, 1.54) is 24.3 Å². The first-order chi connectivity index (χ1) is 10.8. The number of carbonyl (C=O) groups excluding carboxylic acids is 1. The molecule has 1 aromatic carbocycles. The van der Waals surface area contributed by atoms with Gasteiger partial charge in [-0.05, 0) is 26.0 Å². The number of aliphatic hydroxyl groups excluding tert-OH is 1. The number of hydrogen-bond acceptors (Lipinski definition) is 3. The minimum Gasteiger partial charge on any atom is -0.395 e. The summed E-state index contributed by atoms with van der Waals surface area (Å²) in [7, 11) is 0. The number of piperazine rings is 1. The van der Waals surface area contributed by atoms with Crippen molar-refractivity contribution >= 4 is 11.7 Å². The Morgan fingerprint density at radius 1 is 1.30 bits per heavy atom. The lowest BCUT2D eigenvalue weighted by Gasteiger charge is -2.46. The van der Waals surface area contributed by atoms with E-state index in [1.54, 1.807) is 4.90 Å². The number of β-amino-alcohol motifs (C(OH)–C–C–N with tert-alkyl or cyclic N) is 1. The van der Waals surface area contributed by atoms with Crippen LogP contribution in [0.1, 0.15) is 25.8 Å². The zero-order valence-corrected chi connectivity index (χ0v) is 13.4. The van der Waals surface area contributed by atoms with Gasteiger partial charge in [-0.3, -0.25) is 4.90 Å². The Morgan fingerprint density at radius 3 is 2.48 bits per heavy atom. The molecule has 23 heavy (non-hydrogen) atoms. The van der Waals surface area contributed by atoms with Gasteiger partial charge in [-0.15, -0.1) is 0 Å². The van der Waals surface area contributed by atoms with Crippen molar-refractivity contribution in [2.24, 2.45) is 0 Å². The van der Waals surface area contributed by atoms with Crippen LogP contribution in [0.5, 0.6) is 0 Å². The third-order valence-corrected chi connectivity index (χ3v) is 4.14. The Bertz CT molecular complexity index is 535. The molecule has 0 radical (unpaired) electrons. The molecule has 1 fully saturated rings. The third kappa shape index (κ3) is 4.39. The highest BCUT2D eigenvalue weighted by Gasteiger charge is 2.35. The van der Waals surface area contributed by atoms with Crippen molar-refractivity contribution in [3.05, 3.63) is 29.8 Å². The molecule has 2 N–H and O–H groups in total. The molecule has 1 aliphatic rings. The van der Waals surface area contributed by atoms with Crippen LogP contribution in [-0.4, -0.2) is 59.3 Å². The van der Waals surface area contributed by atoms with E-state index in [9.17, 15) is 13.6 Å². The summed E-state index contributed by atoms with van der Waals surface area (Å²) >= 11 is 0. The number of urea groups is 1. The Morgan fingerprint density at radius 2 is 1.96 bits per heavy atom. The fraction of sp³-hybridized carbons (Fsp3) is 0.562. The molecule has 5 nitrogen and oxygen atoms in total. The summed E-state index contributed by atoms with van der Waals surface area (Å²) in [5.74, 6) is 0. The molecule has 0 saturated carbocycles.